The van der Waals surface area contributed by atoms with Crippen LogP contribution in [0.4, 0.5) is 0 Å². The van der Waals surface area contributed by atoms with Crippen LogP contribution in [-0.2, 0) is 20.7 Å². The van der Waals surface area contributed by atoms with E-state index in [1.807, 2.05) is 30.3 Å². The molecule has 0 bridgehead atoms. The van der Waals surface area contributed by atoms with Crippen molar-refractivity contribution in [1.82, 2.24) is 5.32 Å². The minimum atomic E-state index is -1.02. The van der Waals surface area contributed by atoms with E-state index >= 15 is 0 Å². The predicted molar refractivity (Wildman–Crippen MR) is 77.9 cm³/mol. The Morgan fingerprint density at radius 3 is 2.62 bits per heavy atom. The molecule has 0 radical (unpaired) electrons. The molecule has 2 rings (SSSR count). The Morgan fingerprint density at radius 2 is 2.00 bits per heavy atom. The fourth-order valence-corrected chi connectivity index (χ4v) is 2.02. The third-order valence-corrected chi connectivity index (χ3v) is 3.44. The summed E-state index contributed by atoms with van der Waals surface area (Å²) in [5.74, 6) is -0.641. The lowest BCUT2D eigenvalue weighted by atomic mass is 10.1. The van der Waals surface area contributed by atoms with Crippen molar-refractivity contribution in [2.24, 2.45) is 5.92 Å². The van der Waals surface area contributed by atoms with Gasteiger partial charge >= 0.3 is 5.97 Å². The molecule has 1 amide bonds. The van der Waals surface area contributed by atoms with Crippen LogP contribution in [0.15, 0.2) is 30.3 Å². The molecular formula is C16H21NO4. The van der Waals surface area contributed by atoms with Crippen LogP contribution in [0.3, 0.4) is 0 Å². The van der Waals surface area contributed by atoms with Crippen molar-refractivity contribution in [2.45, 2.75) is 31.7 Å². The van der Waals surface area contributed by atoms with E-state index in [1.54, 1.807) is 0 Å². The van der Waals surface area contributed by atoms with E-state index in [4.69, 9.17) is 4.74 Å². The number of ether oxygens (including phenoxy) is 1. The van der Waals surface area contributed by atoms with Crippen LogP contribution < -0.4 is 5.32 Å². The molecule has 1 atom stereocenters. The largest absolute Gasteiger partial charge is 0.480 e. The quantitative estimate of drug-likeness (QED) is 0.678. The van der Waals surface area contributed by atoms with Gasteiger partial charge in [0.15, 0.2) is 0 Å². The highest BCUT2D eigenvalue weighted by molar-refractivity contribution is 5.83. The van der Waals surface area contributed by atoms with Crippen LogP contribution in [0.1, 0.15) is 24.8 Å². The molecule has 0 heterocycles. The number of amides is 1. The molecule has 0 aliphatic heterocycles. The predicted octanol–water partition coefficient (Wildman–Crippen LogP) is 1.62. The van der Waals surface area contributed by atoms with E-state index in [-0.39, 0.29) is 18.7 Å². The van der Waals surface area contributed by atoms with Gasteiger partial charge in [0.1, 0.15) is 6.04 Å². The molecule has 21 heavy (non-hydrogen) atoms. The van der Waals surface area contributed by atoms with Crippen molar-refractivity contribution >= 4 is 11.9 Å². The molecule has 1 fully saturated rings. The second-order valence-corrected chi connectivity index (χ2v) is 5.42. The molecular weight excluding hydrogens is 270 g/mol. The lowest BCUT2D eigenvalue weighted by Crippen LogP contribution is -2.42. The van der Waals surface area contributed by atoms with Gasteiger partial charge in [-0.1, -0.05) is 30.3 Å². The maximum Gasteiger partial charge on any atom is 0.326 e. The summed E-state index contributed by atoms with van der Waals surface area (Å²) in [5, 5.41) is 11.7. The summed E-state index contributed by atoms with van der Waals surface area (Å²) in [6.45, 7) is 1.06. The average molecular weight is 291 g/mol. The molecule has 5 nitrogen and oxygen atoms in total. The topological polar surface area (TPSA) is 75.6 Å². The molecule has 1 saturated carbocycles. The molecule has 0 saturated heterocycles. The van der Waals surface area contributed by atoms with Crippen molar-refractivity contribution < 1.29 is 19.4 Å². The number of hydrogen-bond acceptors (Lipinski definition) is 3. The lowest BCUT2D eigenvalue weighted by Gasteiger charge is -2.14. The van der Waals surface area contributed by atoms with Gasteiger partial charge in [-0.05, 0) is 24.3 Å². The maximum atomic E-state index is 11.8. The van der Waals surface area contributed by atoms with Gasteiger partial charge in [-0.2, -0.15) is 0 Å². The monoisotopic (exact) mass is 291 g/mol. The summed E-state index contributed by atoms with van der Waals surface area (Å²) < 4.78 is 5.38. The van der Waals surface area contributed by atoms with Crippen LogP contribution in [0.25, 0.3) is 0 Å². The first-order chi connectivity index (χ1) is 10.1. The van der Waals surface area contributed by atoms with Crippen LogP contribution >= 0.6 is 0 Å². The zero-order chi connectivity index (χ0) is 15.1. The minimum Gasteiger partial charge on any atom is -0.480 e. The summed E-state index contributed by atoms with van der Waals surface area (Å²) in [4.78, 5) is 23.0. The Hall–Kier alpha value is -1.88. The van der Waals surface area contributed by atoms with Crippen molar-refractivity contribution in [2.75, 3.05) is 13.2 Å². The molecule has 1 aromatic rings. The van der Waals surface area contributed by atoms with E-state index in [0.717, 1.165) is 5.56 Å². The van der Waals surface area contributed by atoms with Gasteiger partial charge in [0, 0.05) is 19.4 Å². The van der Waals surface area contributed by atoms with Gasteiger partial charge in [-0.25, -0.2) is 4.79 Å². The number of nitrogens with one attached hydrogen (secondary N) is 1. The fourth-order valence-electron chi connectivity index (χ4n) is 2.02. The summed E-state index contributed by atoms with van der Waals surface area (Å²) in [5.41, 5.74) is 0.884. The number of carbonyl (C=O) groups is 2. The van der Waals surface area contributed by atoms with Crippen LogP contribution in [0, 0.1) is 5.92 Å². The number of rotatable bonds is 9. The molecule has 1 aliphatic rings. The van der Waals surface area contributed by atoms with E-state index in [9.17, 15) is 14.7 Å². The van der Waals surface area contributed by atoms with E-state index in [1.165, 1.54) is 12.8 Å². The first-order valence-corrected chi connectivity index (χ1v) is 7.29. The van der Waals surface area contributed by atoms with Gasteiger partial charge < -0.3 is 15.2 Å². The van der Waals surface area contributed by atoms with Gasteiger partial charge in [-0.3, -0.25) is 4.79 Å². The zero-order valence-electron chi connectivity index (χ0n) is 12.0. The van der Waals surface area contributed by atoms with Gasteiger partial charge in [0.25, 0.3) is 0 Å². The van der Waals surface area contributed by atoms with Crippen LogP contribution in [0.2, 0.25) is 0 Å². The number of carboxylic acids is 1. The minimum absolute atomic E-state index is 0.200. The average Bonchev–Trinajstić information content (AvgIpc) is 3.28. The summed E-state index contributed by atoms with van der Waals surface area (Å²) >= 11 is 0. The second kappa shape index (κ2) is 7.78. The second-order valence-electron chi connectivity index (χ2n) is 5.42. The number of carboxylic acid groups (broad SMARTS) is 1. The van der Waals surface area contributed by atoms with Crippen molar-refractivity contribution in [3.63, 3.8) is 0 Å². The Morgan fingerprint density at radius 1 is 1.29 bits per heavy atom. The van der Waals surface area contributed by atoms with Crippen LogP contribution in [0.5, 0.6) is 0 Å². The molecule has 1 aliphatic carbocycles. The Kier molecular flexibility index (Phi) is 5.75. The Labute approximate surface area is 124 Å². The summed E-state index contributed by atoms with van der Waals surface area (Å²) in [6, 6.07) is 8.36. The Bertz CT molecular complexity index is 470. The highest BCUT2D eigenvalue weighted by atomic mass is 16.5. The molecule has 1 aromatic carbocycles. The Balaban J connectivity index is 1.73. The van der Waals surface area contributed by atoms with Gasteiger partial charge in [0.2, 0.25) is 5.91 Å². The highest BCUT2D eigenvalue weighted by Gasteiger charge is 2.22. The van der Waals surface area contributed by atoms with Gasteiger partial charge in [0.05, 0.1) is 6.61 Å². The van der Waals surface area contributed by atoms with Crippen molar-refractivity contribution in [3.8, 4) is 0 Å². The van der Waals surface area contributed by atoms with Crippen LogP contribution in [-0.4, -0.2) is 36.2 Å². The third kappa shape index (κ3) is 5.95. The highest BCUT2D eigenvalue weighted by Crippen LogP contribution is 2.28. The summed E-state index contributed by atoms with van der Waals surface area (Å²) in [6.07, 6.45) is 2.91. The number of benzene rings is 1. The lowest BCUT2D eigenvalue weighted by molar-refractivity contribution is -0.142. The standard InChI is InChI=1S/C16H21NO4/c18-15(8-9-21-11-13-6-7-13)17-14(16(19)20)10-12-4-2-1-3-5-12/h1-5,13-14H,6-11H2,(H,17,18)(H,19,20)/t14-/m1/s1. The van der Waals surface area contributed by atoms with E-state index in [0.29, 0.717) is 19.1 Å². The molecule has 0 unspecified atom stereocenters. The smallest absolute Gasteiger partial charge is 0.326 e. The first-order valence-electron chi connectivity index (χ1n) is 7.29. The first kappa shape index (κ1) is 15.5. The normalized spacial score (nSPS) is 15.4. The van der Waals surface area contributed by atoms with E-state index in [2.05, 4.69) is 5.32 Å². The zero-order valence-corrected chi connectivity index (χ0v) is 12.0. The number of carbonyl (C=O) groups excluding carboxylic acids is 1. The third-order valence-electron chi connectivity index (χ3n) is 3.44. The number of hydrogen-bond donors (Lipinski definition) is 2. The molecule has 0 spiro atoms. The maximum absolute atomic E-state index is 11.8. The number of aliphatic carboxylic acids is 1. The fraction of sp³-hybridized carbons (Fsp3) is 0.500. The van der Waals surface area contributed by atoms with Gasteiger partial charge in [-0.15, -0.1) is 0 Å². The molecule has 114 valence electrons. The van der Waals surface area contributed by atoms with Crippen molar-refractivity contribution in [1.29, 1.82) is 0 Å². The summed E-state index contributed by atoms with van der Waals surface area (Å²) in [7, 11) is 0. The molecule has 5 heteroatoms. The van der Waals surface area contributed by atoms with E-state index < -0.39 is 12.0 Å². The SMILES string of the molecule is O=C(CCOCC1CC1)N[C@H](Cc1ccccc1)C(=O)O. The molecule has 2 N–H and O–H groups in total. The molecule has 0 aromatic heterocycles. The van der Waals surface area contributed by atoms with Crippen molar-refractivity contribution in [3.05, 3.63) is 35.9 Å².